The molecule has 0 spiro atoms. The van der Waals surface area contributed by atoms with E-state index in [0.717, 1.165) is 32.8 Å². The number of hydrogen-bond acceptors (Lipinski definition) is 4. The molecule has 0 bridgehead atoms. The molecule has 0 saturated heterocycles. The first-order valence-corrected chi connectivity index (χ1v) is 7.66. The summed E-state index contributed by atoms with van der Waals surface area (Å²) in [6.45, 7) is 0. The molecule has 2 N–H and O–H groups in total. The molecule has 0 fully saturated rings. The van der Waals surface area contributed by atoms with Gasteiger partial charge in [0.25, 0.3) is 0 Å². The summed E-state index contributed by atoms with van der Waals surface area (Å²) in [5, 5.41) is 0.643. The van der Waals surface area contributed by atoms with Crippen LogP contribution in [-0.4, -0.2) is 9.97 Å². The van der Waals surface area contributed by atoms with Crippen LogP contribution in [0.2, 0.25) is 5.02 Å². The fourth-order valence-corrected chi connectivity index (χ4v) is 3.32. The van der Waals surface area contributed by atoms with Crippen LogP contribution in [0.3, 0.4) is 0 Å². The standard InChI is InChI=1S/C12H9BrClN3S/c13-8-2-1-6(3-9(8)14)12-16-10-5-18-4-7(10)11(15)17-12/h1-3H,4-5H2,(H2,15,16,17). The van der Waals surface area contributed by atoms with Gasteiger partial charge < -0.3 is 5.73 Å². The number of anilines is 1. The number of benzene rings is 1. The summed E-state index contributed by atoms with van der Waals surface area (Å²) in [6, 6.07) is 5.66. The fourth-order valence-electron chi connectivity index (χ4n) is 1.84. The topological polar surface area (TPSA) is 51.8 Å². The largest absolute Gasteiger partial charge is 0.383 e. The molecule has 2 heterocycles. The Bertz CT molecular complexity index is 633. The van der Waals surface area contributed by atoms with Crippen LogP contribution in [0.25, 0.3) is 11.4 Å². The van der Waals surface area contributed by atoms with E-state index in [1.807, 2.05) is 30.0 Å². The first kappa shape index (κ1) is 12.3. The van der Waals surface area contributed by atoms with Crippen molar-refractivity contribution < 1.29 is 0 Å². The van der Waals surface area contributed by atoms with Crippen LogP contribution in [0.5, 0.6) is 0 Å². The number of aromatic nitrogens is 2. The quantitative estimate of drug-likeness (QED) is 0.854. The Hall–Kier alpha value is -0.780. The third-order valence-corrected chi connectivity index (χ3v) is 4.99. The van der Waals surface area contributed by atoms with Crippen LogP contribution in [-0.2, 0) is 11.5 Å². The van der Waals surface area contributed by atoms with Crippen LogP contribution in [0.4, 0.5) is 5.82 Å². The Morgan fingerprint density at radius 1 is 1.28 bits per heavy atom. The van der Waals surface area contributed by atoms with E-state index in [0.29, 0.717) is 16.7 Å². The van der Waals surface area contributed by atoms with Gasteiger partial charge in [0.1, 0.15) is 5.82 Å². The Labute approximate surface area is 122 Å². The minimum Gasteiger partial charge on any atom is -0.383 e. The molecule has 0 amide bonds. The molecule has 0 saturated carbocycles. The number of fused-ring (bicyclic) bond motifs is 1. The minimum atomic E-state index is 0.582. The predicted octanol–water partition coefficient (Wildman–Crippen LogP) is 3.89. The zero-order valence-electron chi connectivity index (χ0n) is 9.28. The third-order valence-electron chi connectivity index (χ3n) is 2.79. The van der Waals surface area contributed by atoms with E-state index in [9.17, 15) is 0 Å². The van der Waals surface area contributed by atoms with Gasteiger partial charge in [0.15, 0.2) is 5.82 Å². The highest BCUT2D eigenvalue weighted by Crippen LogP contribution is 2.34. The number of nitrogen functional groups attached to an aromatic ring is 1. The number of nitrogens with two attached hydrogens (primary N) is 1. The molecule has 3 rings (SSSR count). The highest BCUT2D eigenvalue weighted by Gasteiger charge is 2.18. The molecular weight excluding hydrogens is 334 g/mol. The maximum atomic E-state index is 6.08. The Morgan fingerprint density at radius 3 is 2.89 bits per heavy atom. The molecule has 18 heavy (non-hydrogen) atoms. The Balaban J connectivity index is 2.12. The second kappa shape index (κ2) is 4.72. The smallest absolute Gasteiger partial charge is 0.161 e. The summed E-state index contributed by atoms with van der Waals surface area (Å²) in [5.74, 6) is 3.03. The molecule has 1 aromatic heterocycles. The lowest BCUT2D eigenvalue weighted by Crippen LogP contribution is -2.02. The van der Waals surface area contributed by atoms with Gasteiger partial charge in [-0.05, 0) is 34.1 Å². The zero-order chi connectivity index (χ0) is 12.7. The molecular formula is C12H9BrClN3S. The van der Waals surface area contributed by atoms with Crippen molar-refractivity contribution in [1.29, 1.82) is 0 Å². The summed E-state index contributed by atoms with van der Waals surface area (Å²) < 4.78 is 0.859. The summed E-state index contributed by atoms with van der Waals surface area (Å²) >= 11 is 11.3. The number of nitrogens with zero attached hydrogens (tertiary/aromatic N) is 2. The molecule has 0 unspecified atom stereocenters. The van der Waals surface area contributed by atoms with Crippen molar-refractivity contribution in [2.24, 2.45) is 0 Å². The maximum absolute atomic E-state index is 6.08. The second-order valence-corrected chi connectivity index (χ2v) is 6.23. The molecule has 1 aromatic carbocycles. The average molecular weight is 343 g/mol. The molecule has 2 aromatic rings. The van der Waals surface area contributed by atoms with E-state index in [-0.39, 0.29) is 0 Å². The summed E-state index contributed by atoms with van der Waals surface area (Å²) in [6.07, 6.45) is 0. The second-order valence-electron chi connectivity index (χ2n) is 3.98. The van der Waals surface area contributed by atoms with Crippen molar-refractivity contribution in [3.63, 3.8) is 0 Å². The van der Waals surface area contributed by atoms with Gasteiger partial charge in [0.05, 0.1) is 10.7 Å². The Morgan fingerprint density at radius 2 is 2.11 bits per heavy atom. The molecule has 3 nitrogen and oxygen atoms in total. The minimum absolute atomic E-state index is 0.582. The number of rotatable bonds is 1. The van der Waals surface area contributed by atoms with Crippen LogP contribution >= 0.6 is 39.3 Å². The van der Waals surface area contributed by atoms with Gasteiger partial charge in [-0.2, -0.15) is 11.8 Å². The van der Waals surface area contributed by atoms with Gasteiger partial charge in [-0.1, -0.05) is 11.6 Å². The first-order valence-electron chi connectivity index (χ1n) is 5.33. The van der Waals surface area contributed by atoms with Gasteiger partial charge in [-0.3, -0.25) is 0 Å². The molecule has 6 heteroatoms. The third kappa shape index (κ3) is 2.11. The van der Waals surface area contributed by atoms with Crippen LogP contribution in [0, 0.1) is 0 Å². The normalized spacial score (nSPS) is 13.7. The van der Waals surface area contributed by atoms with E-state index in [1.54, 1.807) is 0 Å². The Kier molecular flexibility index (Phi) is 3.21. The average Bonchev–Trinajstić information content (AvgIpc) is 2.81. The van der Waals surface area contributed by atoms with Crippen molar-refractivity contribution in [3.05, 3.63) is 39.0 Å². The van der Waals surface area contributed by atoms with Crippen molar-refractivity contribution >= 4 is 45.1 Å². The van der Waals surface area contributed by atoms with Crippen molar-refractivity contribution in [3.8, 4) is 11.4 Å². The number of thioether (sulfide) groups is 1. The van der Waals surface area contributed by atoms with Crippen molar-refractivity contribution in [1.82, 2.24) is 9.97 Å². The molecule has 0 aliphatic carbocycles. The van der Waals surface area contributed by atoms with Crippen molar-refractivity contribution in [2.75, 3.05) is 5.73 Å². The maximum Gasteiger partial charge on any atom is 0.161 e. The molecule has 0 atom stereocenters. The van der Waals surface area contributed by atoms with Gasteiger partial charge in [0, 0.05) is 27.1 Å². The monoisotopic (exact) mass is 341 g/mol. The first-order chi connectivity index (χ1) is 8.65. The van der Waals surface area contributed by atoms with E-state index in [2.05, 4.69) is 25.9 Å². The SMILES string of the molecule is Nc1nc(-c2ccc(Br)c(Cl)c2)nc2c1CSC2. The van der Waals surface area contributed by atoms with E-state index < -0.39 is 0 Å². The van der Waals surface area contributed by atoms with E-state index in [4.69, 9.17) is 17.3 Å². The zero-order valence-corrected chi connectivity index (χ0v) is 12.4. The lowest BCUT2D eigenvalue weighted by Gasteiger charge is -2.07. The van der Waals surface area contributed by atoms with Gasteiger partial charge in [-0.15, -0.1) is 0 Å². The molecule has 92 valence electrons. The summed E-state index contributed by atoms with van der Waals surface area (Å²) in [5.41, 5.74) is 8.97. The highest BCUT2D eigenvalue weighted by molar-refractivity contribution is 9.10. The van der Waals surface area contributed by atoms with Gasteiger partial charge in [0.2, 0.25) is 0 Å². The fraction of sp³-hybridized carbons (Fsp3) is 0.167. The van der Waals surface area contributed by atoms with Gasteiger partial charge in [-0.25, -0.2) is 9.97 Å². The predicted molar refractivity (Wildman–Crippen MR) is 79.6 cm³/mol. The van der Waals surface area contributed by atoms with Crippen LogP contribution < -0.4 is 5.73 Å². The highest BCUT2D eigenvalue weighted by atomic mass is 79.9. The lowest BCUT2D eigenvalue weighted by molar-refractivity contribution is 1.08. The number of halogens is 2. The van der Waals surface area contributed by atoms with E-state index in [1.165, 1.54) is 0 Å². The summed E-state index contributed by atoms with van der Waals surface area (Å²) in [4.78, 5) is 8.93. The van der Waals surface area contributed by atoms with E-state index >= 15 is 0 Å². The van der Waals surface area contributed by atoms with Crippen LogP contribution in [0.15, 0.2) is 22.7 Å². The van der Waals surface area contributed by atoms with Crippen LogP contribution in [0.1, 0.15) is 11.3 Å². The lowest BCUT2D eigenvalue weighted by atomic mass is 10.2. The number of hydrogen-bond donors (Lipinski definition) is 1. The molecule has 1 aliphatic heterocycles. The van der Waals surface area contributed by atoms with Gasteiger partial charge >= 0.3 is 0 Å². The van der Waals surface area contributed by atoms with Crippen molar-refractivity contribution in [2.45, 2.75) is 11.5 Å². The summed E-state index contributed by atoms with van der Waals surface area (Å²) in [7, 11) is 0. The molecule has 0 radical (unpaired) electrons. The molecule has 1 aliphatic rings.